The first-order valence-corrected chi connectivity index (χ1v) is 21.8. The lowest BCUT2D eigenvalue weighted by molar-refractivity contribution is 0.668. The normalized spacial score (nSPS) is 12.0. The van der Waals surface area contributed by atoms with Crippen molar-refractivity contribution < 1.29 is 8.83 Å². The maximum absolute atomic E-state index is 6.92. The molecule has 0 spiro atoms. The van der Waals surface area contributed by atoms with Gasteiger partial charge in [-0.3, -0.25) is 0 Å². The molecule has 14 aromatic rings. The first kappa shape index (κ1) is 35.7. The number of nitrogens with zero attached hydrogens (tertiary/aromatic N) is 4. The minimum atomic E-state index is 0.548. The second kappa shape index (κ2) is 13.8. The van der Waals surface area contributed by atoms with Crippen LogP contribution >= 0.6 is 0 Å². The first-order chi connectivity index (χ1) is 32.2. The van der Waals surface area contributed by atoms with Gasteiger partial charge in [-0.15, -0.1) is 0 Å². The van der Waals surface area contributed by atoms with Gasteiger partial charge in [0, 0.05) is 60.5 Å². The van der Waals surface area contributed by atoms with Gasteiger partial charge in [-0.05, 0) is 75.8 Å². The van der Waals surface area contributed by atoms with Crippen LogP contribution in [0.3, 0.4) is 0 Å². The van der Waals surface area contributed by atoms with Crippen molar-refractivity contribution in [1.82, 2.24) is 19.5 Å². The van der Waals surface area contributed by atoms with Crippen LogP contribution in [0.1, 0.15) is 0 Å². The van der Waals surface area contributed by atoms with Crippen LogP contribution in [0, 0.1) is 0 Å². The van der Waals surface area contributed by atoms with Gasteiger partial charge in [0.2, 0.25) is 0 Å². The lowest BCUT2D eigenvalue weighted by Gasteiger charge is -2.13. The zero-order valence-corrected chi connectivity index (χ0v) is 34.7. The largest absolute Gasteiger partial charge is 0.456 e. The van der Waals surface area contributed by atoms with E-state index in [2.05, 4.69) is 180 Å². The molecular formula is C59H34N4O2. The van der Waals surface area contributed by atoms with Crippen LogP contribution in [0.2, 0.25) is 0 Å². The molecule has 4 aromatic heterocycles. The summed E-state index contributed by atoms with van der Waals surface area (Å²) in [6, 6.07) is 72.2. The van der Waals surface area contributed by atoms with E-state index in [0.29, 0.717) is 17.5 Å². The molecule has 65 heavy (non-hydrogen) atoms. The Bertz CT molecular complexity index is 4240. The smallest absolute Gasteiger partial charge is 0.164 e. The summed E-state index contributed by atoms with van der Waals surface area (Å²) in [5, 5.41) is 11.4. The second-order valence-electron chi connectivity index (χ2n) is 16.8. The van der Waals surface area contributed by atoms with Gasteiger partial charge in [-0.25, -0.2) is 15.0 Å². The number of benzene rings is 10. The Morgan fingerprint density at radius 3 is 1.58 bits per heavy atom. The minimum absolute atomic E-state index is 0.548. The standard InChI is InChI=1S/C59H34N4O2/c1-2-12-35(13-3-1)36-22-24-37(25-23-36)57-60-58(40-26-28-45-44-18-9-11-21-52(44)64-53(45)32-40)62-59(61-57)41-27-29-47-54(33-41)65-55-34-51(42-16-6-7-19-46(42)56(47)55)63-49-20-10-8-17-43(49)48-30-38-14-4-5-15-39(38)31-50(48)63/h1-34H. The SMILES string of the molecule is c1ccc(-c2ccc(-c3nc(-c4ccc5c(c4)oc4ccccc45)nc(-c4ccc5c(c4)oc4cc(-n6c7ccccc7c7cc8ccccc8cc76)c6ccccc6c45)n3)cc2)cc1. The molecule has 0 N–H and O–H groups in total. The van der Waals surface area contributed by atoms with E-state index < -0.39 is 0 Å². The van der Waals surface area contributed by atoms with E-state index >= 15 is 0 Å². The Kier molecular flexibility index (Phi) is 7.59. The average Bonchev–Trinajstić information content (AvgIpc) is 4.04. The summed E-state index contributed by atoms with van der Waals surface area (Å²) in [6.45, 7) is 0. The average molecular weight is 831 g/mol. The summed E-state index contributed by atoms with van der Waals surface area (Å²) in [7, 11) is 0. The van der Waals surface area contributed by atoms with Crippen molar-refractivity contribution in [2.24, 2.45) is 0 Å². The van der Waals surface area contributed by atoms with Crippen molar-refractivity contribution in [3.05, 3.63) is 206 Å². The fourth-order valence-electron chi connectivity index (χ4n) is 9.93. The molecule has 0 radical (unpaired) electrons. The highest BCUT2D eigenvalue weighted by atomic mass is 16.3. The summed E-state index contributed by atoms with van der Waals surface area (Å²) >= 11 is 0. The second-order valence-corrected chi connectivity index (χ2v) is 16.8. The Morgan fingerprint density at radius 2 is 0.815 bits per heavy atom. The van der Waals surface area contributed by atoms with Crippen molar-refractivity contribution in [3.63, 3.8) is 0 Å². The van der Waals surface area contributed by atoms with Crippen LogP contribution in [-0.4, -0.2) is 19.5 Å². The molecule has 14 rings (SSSR count). The monoisotopic (exact) mass is 830 g/mol. The molecule has 0 saturated heterocycles. The summed E-state index contributed by atoms with van der Waals surface area (Å²) < 4.78 is 15.6. The van der Waals surface area contributed by atoms with E-state index in [1.807, 2.05) is 30.3 Å². The maximum atomic E-state index is 6.92. The van der Waals surface area contributed by atoms with E-state index in [-0.39, 0.29) is 0 Å². The van der Waals surface area contributed by atoms with Gasteiger partial charge in [-0.1, -0.05) is 152 Å². The lowest BCUT2D eigenvalue weighted by Crippen LogP contribution is -2.00. The molecule has 0 aliphatic carbocycles. The number of furan rings is 2. The molecule has 6 nitrogen and oxygen atoms in total. The Balaban J connectivity index is 0.951. The highest BCUT2D eigenvalue weighted by Gasteiger charge is 2.21. The molecule has 0 aliphatic heterocycles. The van der Waals surface area contributed by atoms with Crippen LogP contribution in [0.4, 0.5) is 0 Å². The molecule has 0 aliphatic rings. The van der Waals surface area contributed by atoms with Gasteiger partial charge in [0.05, 0.1) is 16.7 Å². The van der Waals surface area contributed by atoms with Gasteiger partial charge in [0.25, 0.3) is 0 Å². The molecule has 4 heterocycles. The summed E-state index contributed by atoms with van der Waals surface area (Å²) in [4.78, 5) is 15.4. The molecule has 0 unspecified atom stereocenters. The van der Waals surface area contributed by atoms with E-state index in [0.717, 1.165) is 99.2 Å². The topological polar surface area (TPSA) is 69.9 Å². The molecule has 0 amide bonds. The number of hydrogen-bond donors (Lipinski definition) is 0. The van der Waals surface area contributed by atoms with Crippen LogP contribution in [-0.2, 0) is 0 Å². The number of fused-ring (bicyclic) bond motifs is 12. The number of aromatic nitrogens is 4. The summed E-state index contributed by atoms with van der Waals surface area (Å²) in [5.74, 6) is 1.68. The zero-order chi connectivity index (χ0) is 42.6. The fourth-order valence-corrected chi connectivity index (χ4v) is 9.93. The van der Waals surface area contributed by atoms with Crippen molar-refractivity contribution in [2.45, 2.75) is 0 Å². The van der Waals surface area contributed by atoms with Gasteiger partial charge < -0.3 is 13.4 Å². The third kappa shape index (κ3) is 5.57. The third-order valence-corrected chi connectivity index (χ3v) is 13.0. The molecule has 0 fully saturated rings. The van der Waals surface area contributed by atoms with Gasteiger partial charge in [-0.2, -0.15) is 0 Å². The van der Waals surface area contributed by atoms with E-state index in [1.165, 1.54) is 21.5 Å². The van der Waals surface area contributed by atoms with E-state index in [1.54, 1.807) is 0 Å². The fraction of sp³-hybridized carbons (Fsp3) is 0. The number of rotatable bonds is 5. The van der Waals surface area contributed by atoms with Crippen LogP contribution < -0.4 is 0 Å². The number of hydrogen-bond acceptors (Lipinski definition) is 5. The van der Waals surface area contributed by atoms with Gasteiger partial charge >= 0.3 is 0 Å². The molecule has 0 atom stereocenters. The van der Waals surface area contributed by atoms with Crippen LogP contribution in [0.15, 0.2) is 215 Å². The Labute approximate surface area is 371 Å². The van der Waals surface area contributed by atoms with E-state index in [9.17, 15) is 0 Å². The lowest BCUT2D eigenvalue weighted by atomic mass is 10.0. The number of para-hydroxylation sites is 2. The Morgan fingerprint density at radius 1 is 0.292 bits per heavy atom. The van der Waals surface area contributed by atoms with Crippen molar-refractivity contribution in [3.8, 4) is 51.0 Å². The third-order valence-electron chi connectivity index (χ3n) is 13.0. The van der Waals surface area contributed by atoms with Gasteiger partial charge in [0.15, 0.2) is 17.5 Å². The first-order valence-electron chi connectivity index (χ1n) is 21.8. The quantitative estimate of drug-likeness (QED) is 0.173. The van der Waals surface area contributed by atoms with Crippen LogP contribution in [0.25, 0.3) is 138 Å². The summed E-state index contributed by atoms with van der Waals surface area (Å²) in [5.41, 5.74) is 11.4. The van der Waals surface area contributed by atoms with Gasteiger partial charge in [0.1, 0.15) is 22.3 Å². The van der Waals surface area contributed by atoms with Crippen molar-refractivity contribution in [1.29, 1.82) is 0 Å². The molecular weight excluding hydrogens is 797 g/mol. The Hall–Kier alpha value is -8.87. The predicted molar refractivity (Wildman–Crippen MR) is 265 cm³/mol. The molecule has 302 valence electrons. The minimum Gasteiger partial charge on any atom is -0.456 e. The highest BCUT2D eigenvalue weighted by molar-refractivity contribution is 6.22. The predicted octanol–water partition coefficient (Wildman–Crippen LogP) is 15.7. The maximum Gasteiger partial charge on any atom is 0.164 e. The molecule has 6 heteroatoms. The van der Waals surface area contributed by atoms with E-state index in [4.69, 9.17) is 23.8 Å². The van der Waals surface area contributed by atoms with Crippen molar-refractivity contribution in [2.75, 3.05) is 0 Å². The molecule has 0 saturated carbocycles. The van der Waals surface area contributed by atoms with Crippen LogP contribution in [0.5, 0.6) is 0 Å². The summed E-state index contributed by atoms with van der Waals surface area (Å²) in [6.07, 6.45) is 0. The van der Waals surface area contributed by atoms with Crippen molar-refractivity contribution >= 4 is 87.2 Å². The zero-order valence-electron chi connectivity index (χ0n) is 34.7. The highest BCUT2D eigenvalue weighted by Crippen LogP contribution is 2.43. The molecule has 10 aromatic carbocycles. The molecule has 0 bridgehead atoms.